The first-order chi connectivity index (χ1) is 21.4. The first-order valence-corrected chi connectivity index (χ1v) is 16.4. The summed E-state index contributed by atoms with van der Waals surface area (Å²) in [4.78, 5) is 34.3. The van der Waals surface area contributed by atoms with Crippen molar-refractivity contribution in [3.63, 3.8) is 0 Å². The van der Waals surface area contributed by atoms with E-state index in [0.717, 1.165) is 44.9 Å². The molecule has 240 valence electrons. The molecule has 3 fully saturated rings. The molecule has 1 N–H and O–H groups in total. The second-order valence-electron chi connectivity index (χ2n) is 13.4. The maximum absolute atomic E-state index is 14.3. The van der Waals surface area contributed by atoms with E-state index in [9.17, 15) is 9.59 Å². The Hall–Kier alpha value is -3.35. The van der Waals surface area contributed by atoms with E-state index in [-0.39, 0.29) is 29.9 Å². The quantitative estimate of drug-likeness (QED) is 0.296. The SMILES string of the molecule is Cn1nc2ccc(-c3nn(C4CCCCO4)c4nc(N5C6CCC5CC(NC(=O)OC(C)(C)C)C6)n(C)c(=O)c34)c(Cl)c2c1Cl. The Morgan fingerprint density at radius 2 is 1.78 bits per heavy atom. The van der Waals surface area contributed by atoms with E-state index in [1.54, 1.807) is 28.0 Å². The molecule has 1 aromatic carbocycles. The van der Waals surface area contributed by atoms with E-state index in [2.05, 4.69) is 15.3 Å². The van der Waals surface area contributed by atoms with Crippen LogP contribution >= 0.6 is 23.2 Å². The molecule has 3 atom stereocenters. The van der Waals surface area contributed by atoms with E-state index in [1.807, 2.05) is 32.9 Å². The van der Waals surface area contributed by atoms with Gasteiger partial charge in [-0.25, -0.2) is 9.48 Å². The lowest BCUT2D eigenvalue weighted by atomic mass is 9.98. The smallest absolute Gasteiger partial charge is 0.407 e. The molecule has 6 heterocycles. The molecule has 2 bridgehead atoms. The van der Waals surface area contributed by atoms with Gasteiger partial charge in [-0.15, -0.1) is 0 Å². The number of amides is 1. The predicted molar refractivity (Wildman–Crippen MR) is 173 cm³/mol. The van der Waals surface area contributed by atoms with Crippen molar-refractivity contribution < 1.29 is 14.3 Å². The van der Waals surface area contributed by atoms with Gasteiger partial charge in [0.2, 0.25) is 5.95 Å². The van der Waals surface area contributed by atoms with Crippen LogP contribution < -0.4 is 15.8 Å². The molecule has 1 amide bonds. The predicted octanol–water partition coefficient (Wildman–Crippen LogP) is 5.71. The molecule has 12 nitrogen and oxygen atoms in total. The van der Waals surface area contributed by atoms with Gasteiger partial charge < -0.3 is 19.7 Å². The number of anilines is 1. The van der Waals surface area contributed by atoms with Gasteiger partial charge in [0.1, 0.15) is 21.8 Å². The van der Waals surface area contributed by atoms with Gasteiger partial charge in [-0.2, -0.15) is 15.2 Å². The Labute approximate surface area is 270 Å². The molecule has 3 aliphatic rings. The van der Waals surface area contributed by atoms with Gasteiger partial charge in [0, 0.05) is 44.4 Å². The summed E-state index contributed by atoms with van der Waals surface area (Å²) in [5.74, 6) is 0.594. The van der Waals surface area contributed by atoms with Crippen LogP contribution in [0.1, 0.15) is 71.9 Å². The fourth-order valence-corrected chi connectivity index (χ4v) is 7.80. The third-order valence-electron chi connectivity index (χ3n) is 9.15. The molecular weight excluding hydrogens is 619 g/mol. The Morgan fingerprint density at radius 1 is 1.04 bits per heavy atom. The molecule has 3 aliphatic heterocycles. The molecule has 7 rings (SSSR count). The van der Waals surface area contributed by atoms with Crippen LogP contribution in [0.25, 0.3) is 33.2 Å². The van der Waals surface area contributed by atoms with Gasteiger partial charge >= 0.3 is 6.09 Å². The number of piperidine rings is 1. The summed E-state index contributed by atoms with van der Waals surface area (Å²) in [6, 6.07) is 3.89. The van der Waals surface area contributed by atoms with Crippen LogP contribution in [0.3, 0.4) is 0 Å². The van der Waals surface area contributed by atoms with E-state index in [4.69, 9.17) is 42.8 Å². The lowest BCUT2D eigenvalue weighted by molar-refractivity contribution is -0.0368. The van der Waals surface area contributed by atoms with Crippen LogP contribution in [0.4, 0.5) is 10.7 Å². The monoisotopic (exact) mass is 656 g/mol. The number of benzene rings is 1. The van der Waals surface area contributed by atoms with Crippen LogP contribution in [0.2, 0.25) is 10.2 Å². The largest absolute Gasteiger partial charge is 0.444 e. The van der Waals surface area contributed by atoms with Crippen LogP contribution in [-0.2, 0) is 23.6 Å². The van der Waals surface area contributed by atoms with Crippen LogP contribution in [0, 0.1) is 0 Å². The second-order valence-corrected chi connectivity index (χ2v) is 14.2. The number of halogens is 2. The number of ether oxygens (including phenoxy) is 2. The maximum Gasteiger partial charge on any atom is 0.407 e. The average Bonchev–Trinajstić information content (AvgIpc) is 3.59. The highest BCUT2D eigenvalue weighted by Crippen LogP contribution is 2.42. The molecule has 45 heavy (non-hydrogen) atoms. The zero-order chi connectivity index (χ0) is 31.8. The topological polar surface area (TPSA) is 121 Å². The molecular formula is C31H38Cl2N8O4. The standard InChI is InChI=1S/C31H38Cl2N8O4/c1-31(2,3)45-30(43)34-16-14-17-9-10-18(15-16)40(17)29-35-27-23(28(42)38(29)4)25(37-41(27)21-8-6-7-13-44-21)19-11-12-20-22(24(19)32)26(33)39(5)36-20/h11-12,16-18,21H,6-10,13-15H2,1-5H3,(H,34,43). The number of aryl methyl sites for hydroxylation is 1. The van der Waals surface area contributed by atoms with Crippen LogP contribution in [-0.4, -0.2) is 65.5 Å². The van der Waals surface area contributed by atoms with Crippen molar-refractivity contribution in [2.75, 3.05) is 11.5 Å². The highest BCUT2D eigenvalue weighted by atomic mass is 35.5. The summed E-state index contributed by atoms with van der Waals surface area (Å²) in [6.07, 6.45) is 5.33. The van der Waals surface area contributed by atoms with Gasteiger partial charge in [0.15, 0.2) is 11.9 Å². The summed E-state index contributed by atoms with van der Waals surface area (Å²) in [7, 11) is 3.52. The van der Waals surface area contributed by atoms with Crippen LogP contribution in [0.5, 0.6) is 0 Å². The van der Waals surface area contributed by atoms with Crippen molar-refractivity contribution in [1.29, 1.82) is 0 Å². The lowest BCUT2D eigenvalue weighted by Gasteiger charge is -2.40. The number of fused-ring (bicyclic) bond motifs is 4. The number of carbonyl (C=O) groups excluding carboxylic acids is 1. The highest BCUT2D eigenvalue weighted by Gasteiger charge is 2.44. The third-order valence-corrected chi connectivity index (χ3v) is 9.97. The molecule has 0 spiro atoms. The molecule has 0 saturated carbocycles. The minimum Gasteiger partial charge on any atom is -0.444 e. The molecule has 4 aromatic rings. The average molecular weight is 658 g/mol. The third kappa shape index (κ3) is 5.24. The van der Waals surface area contributed by atoms with E-state index < -0.39 is 11.7 Å². The second kappa shape index (κ2) is 11.2. The first-order valence-electron chi connectivity index (χ1n) is 15.6. The zero-order valence-electron chi connectivity index (χ0n) is 26.1. The summed E-state index contributed by atoms with van der Waals surface area (Å²) >= 11 is 13.5. The Morgan fingerprint density at radius 3 is 2.44 bits per heavy atom. The van der Waals surface area contributed by atoms with E-state index in [0.29, 0.717) is 55.9 Å². The summed E-state index contributed by atoms with van der Waals surface area (Å²) < 4.78 is 16.6. The molecule has 3 aromatic heterocycles. The minimum absolute atomic E-state index is 0.0153. The van der Waals surface area contributed by atoms with Gasteiger partial charge in [-0.05, 0) is 77.8 Å². The molecule has 0 aliphatic carbocycles. The highest BCUT2D eigenvalue weighted by molar-refractivity contribution is 6.43. The van der Waals surface area contributed by atoms with Gasteiger partial charge in [0.05, 0.1) is 15.9 Å². The fourth-order valence-electron chi connectivity index (χ4n) is 7.19. The summed E-state index contributed by atoms with van der Waals surface area (Å²) in [6.45, 7) is 6.18. The Balaban J connectivity index is 1.31. The maximum atomic E-state index is 14.3. The molecule has 0 radical (unpaired) electrons. The number of nitrogens with zero attached hydrogens (tertiary/aromatic N) is 7. The number of nitrogens with one attached hydrogen (secondary N) is 1. The summed E-state index contributed by atoms with van der Waals surface area (Å²) in [5.41, 5.74) is 1.37. The Kier molecular flexibility index (Phi) is 7.52. The van der Waals surface area contributed by atoms with Crippen LogP contribution in [0.15, 0.2) is 16.9 Å². The van der Waals surface area contributed by atoms with Gasteiger partial charge in [-0.3, -0.25) is 14.0 Å². The van der Waals surface area contributed by atoms with E-state index in [1.165, 1.54) is 0 Å². The molecule has 3 saturated heterocycles. The van der Waals surface area contributed by atoms with Gasteiger partial charge in [0.25, 0.3) is 5.56 Å². The van der Waals surface area contributed by atoms with Crippen molar-refractivity contribution in [3.8, 4) is 11.3 Å². The lowest BCUT2D eigenvalue weighted by Crippen LogP contribution is -2.52. The number of alkyl carbamates (subject to hydrolysis) is 1. The number of aromatic nitrogens is 6. The van der Waals surface area contributed by atoms with Crippen molar-refractivity contribution in [1.82, 2.24) is 34.4 Å². The van der Waals surface area contributed by atoms with Crippen molar-refractivity contribution in [2.24, 2.45) is 14.1 Å². The fraction of sp³-hybridized carbons (Fsp3) is 0.581. The van der Waals surface area contributed by atoms with Gasteiger partial charge in [-0.1, -0.05) is 23.2 Å². The number of rotatable bonds is 4. The number of hydrogen-bond donors (Lipinski definition) is 1. The molecule has 3 unspecified atom stereocenters. The van der Waals surface area contributed by atoms with Crippen molar-refractivity contribution in [3.05, 3.63) is 32.7 Å². The van der Waals surface area contributed by atoms with Crippen molar-refractivity contribution in [2.45, 2.75) is 95.7 Å². The summed E-state index contributed by atoms with van der Waals surface area (Å²) in [5, 5.41) is 14.3. The van der Waals surface area contributed by atoms with Crippen molar-refractivity contribution >= 4 is 57.2 Å². The van der Waals surface area contributed by atoms with E-state index >= 15 is 0 Å². The first kappa shape index (κ1) is 30.3. The number of carbonyl (C=O) groups is 1. The zero-order valence-corrected chi connectivity index (χ0v) is 27.7. The number of hydrogen-bond acceptors (Lipinski definition) is 8. The molecule has 14 heteroatoms. The Bertz CT molecular complexity index is 1860. The minimum atomic E-state index is -0.564. The normalized spacial score (nSPS) is 23.7.